The fourth-order valence-electron chi connectivity index (χ4n) is 6.48. The Balaban J connectivity index is 1.60. The normalized spacial score (nSPS) is 20.0. The molecule has 2 fully saturated rings. The number of terminal acetylenes is 1. The maximum Gasteiger partial charge on any atom is 0.175 e. The fourth-order valence-corrected chi connectivity index (χ4v) is 6.48. The second-order valence-corrected chi connectivity index (χ2v) is 11.2. The molecular formula is C33H39F2N7O. The molecule has 0 atom stereocenters. The number of hydrogen-bond acceptors (Lipinski definition) is 8. The van der Waals surface area contributed by atoms with Crippen molar-refractivity contribution in [2.45, 2.75) is 31.2 Å². The lowest BCUT2D eigenvalue weighted by Crippen LogP contribution is -2.42. The summed E-state index contributed by atoms with van der Waals surface area (Å²) in [6.45, 7) is 7.75. The van der Waals surface area contributed by atoms with Gasteiger partial charge in [0, 0.05) is 55.6 Å². The summed E-state index contributed by atoms with van der Waals surface area (Å²) in [6, 6.07) is 6.71. The van der Waals surface area contributed by atoms with Crippen LogP contribution in [0.2, 0.25) is 0 Å². The molecule has 0 aliphatic carbocycles. The van der Waals surface area contributed by atoms with E-state index in [2.05, 4.69) is 43.1 Å². The van der Waals surface area contributed by atoms with E-state index in [9.17, 15) is 4.39 Å². The van der Waals surface area contributed by atoms with Gasteiger partial charge in [0.2, 0.25) is 0 Å². The first-order valence-electron chi connectivity index (χ1n) is 14.7. The maximum absolute atomic E-state index is 16.7. The summed E-state index contributed by atoms with van der Waals surface area (Å²) in [5, 5.41) is 7.17. The Bertz CT molecular complexity index is 1560. The summed E-state index contributed by atoms with van der Waals surface area (Å²) in [5.74, 6) is 1.56. The van der Waals surface area contributed by atoms with Crippen LogP contribution in [0.25, 0.3) is 16.5 Å². The highest BCUT2D eigenvalue weighted by Crippen LogP contribution is 2.40. The van der Waals surface area contributed by atoms with Crippen molar-refractivity contribution in [3.8, 4) is 12.3 Å². The number of anilines is 1. The number of nitrogens with zero attached hydrogens (tertiary/aromatic N) is 5. The van der Waals surface area contributed by atoms with E-state index in [0.29, 0.717) is 40.9 Å². The van der Waals surface area contributed by atoms with E-state index in [4.69, 9.17) is 11.2 Å². The molecule has 5 rings (SSSR count). The van der Waals surface area contributed by atoms with Gasteiger partial charge in [-0.1, -0.05) is 12.0 Å². The Morgan fingerprint density at radius 3 is 2.67 bits per heavy atom. The highest BCUT2D eigenvalue weighted by atomic mass is 19.1. The average molecular weight is 588 g/mol. The molecule has 3 aliphatic rings. The van der Waals surface area contributed by atoms with Gasteiger partial charge in [-0.2, -0.15) is 0 Å². The zero-order chi connectivity index (χ0) is 30.6. The maximum atomic E-state index is 16.7. The molecule has 0 spiro atoms. The number of nitrogens with one attached hydrogen (secondary N) is 2. The van der Waals surface area contributed by atoms with Crippen molar-refractivity contribution in [1.29, 1.82) is 0 Å². The van der Waals surface area contributed by atoms with Gasteiger partial charge in [-0.15, -0.1) is 6.42 Å². The van der Waals surface area contributed by atoms with Crippen LogP contribution in [0.4, 0.5) is 14.5 Å². The predicted octanol–water partition coefficient (Wildman–Crippen LogP) is 4.51. The van der Waals surface area contributed by atoms with Gasteiger partial charge < -0.3 is 20.3 Å². The van der Waals surface area contributed by atoms with Gasteiger partial charge in [0.1, 0.15) is 29.8 Å². The summed E-state index contributed by atoms with van der Waals surface area (Å²) in [7, 11) is 5.49. The van der Waals surface area contributed by atoms with E-state index in [1.54, 1.807) is 19.2 Å². The van der Waals surface area contributed by atoms with Gasteiger partial charge in [0.05, 0.1) is 17.7 Å². The topological polar surface area (TPSA) is 76.8 Å². The number of fused-ring (bicyclic) bond motifs is 2. The molecular weight excluding hydrogens is 548 g/mol. The van der Waals surface area contributed by atoms with E-state index < -0.39 is 11.6 Å². The molecule has 0 aromatic heterocycles. The molecule has 3 heterocycles. The first-order chi connectivity index (χ1) is 20.9. The number of benzene rings is 2. The molecule has 43 heavy (non-hydrogen) atoms. The zero-order valence-corrected chi connectivity index (χ0v) is 25.1. The molecule has 2 aromatic rings. The minimum atomic E-state index is -0.678. The standard InChI is InChI=1S/C33H39F2N7O/c1-6-24-27(34)10-9-22-17-23(41(5)16-13-36-2)18-25(28(22)24)30-29(35)31(26(19-39-30)32(37-3)38-4)40-21-43-20-33-11-7-14-42(33)15-8-12-33/h1,9-10,17-19,36,38H,3,7-8,11-16,20-21H2,2,4-5H3/b32-26+,40-31+. The van der Waals surface area contributed by atoms with Crippen LogP contribution in [0.1, 0.15) is 36.8 Å². The number of likely N-dealkylation sites (N-methyl/N-ethyl adjacent to an activating group) is 2. The van der Waals surface area contributed by atoms with Crippen LogP contribution in [0.15, 0.2) is 56.5 Å². The zero-order valence-electron chi connectivity index (χ0n) is 25.1. The molecule has 2 saturated heterocycles. The lowest BCUT2D eigenvalue weighted by atomic mass is 9.93. The lowest BCUT2D eigenvalue weighted by Gasteiger charge is -2.31. The minimum Gasteiger partial charge on any atom is -0.373 e. The Morgan fingerprint density at radius 1 is 1.23 bits per heavy atom. The number of allylic oxidation sites excluding steroid dienone is 2. The molecule has 0 radical (unpaired) electrons. The number of hydrogen-bond donors (Lipinski definition) is 2. The van der Waals surface area contributed by atoms with Gasteiger partial charge in [-0.05, 0) is 76.1 Å². The SMILES string of the molecule is C#Cc1c(F)ccc2cc(N(C)CCNC)cc(C3=C(F)C(=N/COCC45CCCN4CCC5)/C(=C(\N=C)NC)C=N3)c12. The van der Waals surface area contributed by atoms with Gasteiger partial charge in [-0.25, -0.2) is 13.8 Å². The fraction of sp³-hybridized carbons (Fsp3) is 0.424. The number of ether oxygens (including phenoxy) is 1. The molecule has 2 aromatic carbocycles. The molecule has 0 unspecified atom stereocenters. The highest BCUT2D eigenvalue weighted by molar-refractivity contribution is 6.29. The van der Waals surface area contributed by atoms with Crippen LogP contribution in [-0.2, 0) is 4.74 Å². The molecule has 226 valence electrons. The van der Waals surface area contributed by atoms with Crippen LogP contribution < -0.4 is 15.5 Å². The summed E-state index contributed by atoms with van der Waals surface area (Å²) in [5.41, 5.74) is 1.69. The van der Waals surface area contributed by atoms with E-state index >= 15 is 4.39 Å². The van der Waals surface area contributed by atoms with E-state index in [1.807, 2.05) is 25.1 Å². The molecule has 0 amide bonds. The Labute approximate surface area is 252 Å². The Hall–Kier alpha value is -3.91. The van der Waals surface area contributed by atoms with Crippen molar-refractivity contribution in [2.24, 2.45) is 15.0 Å². The molecule has 8 nitrogen and oxygen atoms in total. The third-order valence-corrected chi connectivity index (χ3v) is 8.73. The van der Waals surface area contributed by atoms with Crippen LogP contribution in [-0.4, -0.2) is 89.7 Å². The first-order valence-corrected chi connectivity index (χ1v) is 14.7. The summed E-state index contributed by atoms with van der Waals surface area (Å²) in [4.78, 5) is 17.7. The highest BCUT2D eigenvalue weighted by Gasteiger charge is 2.44. The number of rotatable bonds is 11. The van der Waals surface area contributed by atoms with E-state index in [0.717, 1.165) is 51.0 Å². The monoisotopic (exact) mass is 587 g/mol. The molecule has 0 saturated carbocycles. The van der Waals surface area contributed by atoms with Gasteiger partial charge in [-0.3, -0.25) is 14.9 Å². The van der Waals surface area contributed by atoms with Gasteiger partial charge >= 0.3 is 0 Å². The van der Waals surface area contributed by atoms with Crippen LogP contribution >= 0.6 is 0 Å². The van der Waals surface area contributed by atoms with Crippen molar-refractivity contribution < 1.29 is 13.5 Å². The second-order valence-electron chi connectivity index (χ2n) is 11.2. The Morgan fingerprint density at radius 2 is 2.00 bits per heavy atom. The largest absolute Gasteiger partial charge is 0.373 e. The Kier molecular flexibility index (Phi) is 9.35. The van der Waals surface area contributed by atoms with Crippen LogP contribution in [0.3, 0.4) is 0 Å². The molecule has 3 aliphatic heterocycles. The van der Waals surface area contributed by atoms with Crippen molar-refractivity contribution in [3.05, 3.63) is 58.4 Å². The lowest BCUT2D eigenvalue weighted by molar-refractivity contribution is 0.0392. The third-order valence-electron chi connectivity index (χ3n) is 8.73. The quantitative estimate of drug-likeness (QED) is 0.230. The van der Waals surface area contributed by atoms with Crippen molar-refractivity contribution in [2.75, 3.05) is 65.6 Å². The predicted molar refractivity (Wildman–Crippen MR) is 172 cm³/mol. The average Bonchev–Trinajstić information content (AvgIpc) is 3.60. The van der Waals surface area contributed by atoms with Crippen LogP contribution in [0, 0.1) is 18.2 Å². The molecule has 10 heteroatoms. The smallest absolute Gasteiger partial charge is 0.175 e. The van der Waals surface area contributed by atoms with E-state index in [1.165, 1.54) is 12.3 Å². The molecule has 2 N–H and O–H groups in total. The minimum absolute atomic E-state index is 0.00864. The first kappa shape index (κ1) is 30.5. The van der Waals surface area contributed by atoms with Gasteiger partial charge in [0.15, 0.2) is 5.83 Å². The van der Waals surface area contributed by atoms with Crippen molar-refractivity contribution >= 4 is 40.8 Å². The van der Waals surface area contributed by atoms with Crippen molar-refractivity contribution in [3.63, 3.8) is 0 Å². The molecule has 0 bridgehead atoms. The van der Waals surface area contributed by atoms with Crippen molar-refractivity contribution in [1.82, 2.24) is 15.5 Å². The van der Waals surface area contributed by atoms with Gasteiger partial charge in [0.25, 0.3) is 0 Å². The van der Waals surface area contributed by atoms with Crippen LogP contribution in [0.5, 0.6) is 0 Å². The summed E-state index contributed by atoms with van der Waals surface area (Å²) >= 11 is 0. The summed E-state index contributed by atoms with van der Waals surface area (Å²) < 4.78 is 37.7. The third kappa shape index (κ3) is 5.85. The second kappa shape index (κ2) is 13.2. The number of halogens is 2. The van der Waals surface area contributed by atoms with E-state index in [-0.39, 0.29) is 29.2 Å². The number of aliphatic imine (C=N–C) groups is 3. The summed E-state index contributed by atoms with van der Waals surface area (Å²) in [6.07, 6.45) is 11.8.